The van der Waals surface area contributed by atoms with Crippen molar-refractivity contribution in [2.24, 2.45) is 0 Å². The first kappa shape index (κ1) is 17.4. The number of likely N-dealkylation sites (tertiary alicyclic amines) is 1. The Morgan fingerprint density at radius 3 is 2.65 bits per heavy atom. The number of β-amino-alcohol motifs (C(OH)–C–C–N with tert-alkyl or cyclic N) is 1. The zero-order valence-corrected chi connectivity index (χ0v) is 15.3. The summed E-state index contributed by atoms with van der Waals surface area (Å²) in [4.78, 5) is 13.6. The fraction of sp³-hybridized carbons (Fsp3) is 0.500. The van der Waals surface area contributed by atoms with Gasteiger partial charge in [-0.05, 0) is 25.0 Å². The maximum Gasteiger partial charge on any atom is 0.225 e. The lowest BCUT2D eigenvalue weighted by Gasteiger charge is -2.27. The molecular weight excluding hydrogens is 328 g/mol. The summed E-state index contributed by atoms with van der Waals surface area (Å²) < 4.78 is 5.40. The summed E-state index contributed by atoms with van der Waals surface area (Å²) in [5.74, 6) is 0.777. The molecule has 2 saturated heterocycles. The maximum absolute atomic E-state index is 11.1. The van der Waals surface area contributed by atoms with E-state index < -0.39 is 5.60 Å². The van der Waals surface area contributed by atoms with Gasteiger partial charge >= 0.3 is 0 Å². The van der Waals surface area contributed by atoms with Crippen LogP contribution in [0.2, 0.25) is 0 Å². The molecule has 6 nitrogen and oxygen atoms in total. The van der Waals surface area contributed by atoms with Crippen molar-refractivity contribution in [1.82, 2.24) is 14.9 Å². The Kier molecular flexibility index (Phi) is 4.89. The first-order chi connectivity index (χ1) is 12.6. The number of ether oxygens (including phenoxy) is 1. The Balaban J connectivity index is 1.43. The fourth-order valence-corrected chi connectivity index (χ4v) is 3.72. The van der Waals surface area contributed by atoms with Crippen LogP contribution < -0.4 is 4.90 Å². The third-order valence-electron chi connectivity index (χ3n) is 5.30. The van der Waals surface area contributed by atoms with E-state index in [4.69, 9.17) is 9.72 Å². The third-order valence-corrected chi connectivity index (χ3v) is 5.30. The lowest BCUT2D eigenvalue weighted by Crippen LogP contribution is -2.37. The molecule has 1 aromatic carbocycles. The van der Waals surface area contributed by atoms with Gasteiger partial charge < -0.3 is 14.7 Å². The maximum atomic E-state index is 11.1. The van der Waals surface area contributed by atoms with Gasteiger partial charge in [0.15, 0.2) is 0 Å². The number of aromatic nitrogens is 2. The minimum atomic E-state index is -0.770. The van der Waals surface area contributed by atoms with Gasteiger partial charge in [-0.15, -0.1) is 0 Å². The standard InChI is InChI=1S/C20H26N4O2/c1-16-2-4-17(5-3-16)20(25)7-9-23(15-20)14-18-6-8-21-19(22-18)24-10-12-26-13-11-24/h2-6,8,25H,7,9-15H2,1H3/t20-/m1/s1. The zero-order chi connectivity index (χ0) is 18.0. The van der Waals surface area contributed by atoms with Crippen LogP contribution in [0.3, 0.4) is 0 Å². The van der Waals surface area contributed by atoms with E-state index in [1.165, 1.54) is 5.56 Å². The molecule has 0 aliphatic carbocycles. The summed E-state index contributed by atoms with van der Waals surface area (Å²) >= 11 is 0. The highest BCUT2D eigenvalue weighted by Gasteiger charge is 2.37. The summed E-state index contributed by atoms with van der Waals surface area (Å²) in [7, 11) is 0. The van der Waals surface area contributed by atoms with Gasteiger partial charge in [0, 0.05) is 38.9 Å². The van der Waals surface area contributed by atoms with Crippen LogP contribution in [0.4, 0.5) is 5.95 Å². The lowest BCUT2D eigenvalue weighted by molar-refractivity contribution is 0.0451. The summed E-state index contributed by atoms with van der Waals surface area (Å²) in [6.45, 7) is 7.41. The van der Waals surface area contributed by atoms with E-state index in [0.717, 1.165) is 63.0 Å². The monoisotopic (exact) mass is 354 g/mol. The predicted molar refractivity (Wildman–Crippen MR) is 100 cm³/mol. The second-order valence-corrected chi connectivity index (χ2v) is 7.31. The SMILES string of the molecule is Cc1ccc([C@@]2(O)CCN(Cc3ccnc(N4CCOCC4)n3)C2)cc1. The number of aryl methyl sites for hydroxylation is 1. The number of nitrogens with zero attached hydrogens (tertiary/aromatic N) is 4. The number of aliphatic hydroxyl groups is 1. The Morgan fingerprint density at radius 2 is 1.88 bits per heavy atom. The van der Waals surface area contributed by atoms with E-state index in [0.29, 0.717) is 6.54 Å². The first-order valence-electron chi connectivity index (χ1n) is 9.29. The highest BCUT2D eigenvalue weighted by molar-refractivity contribution is 5.31. The largest absolute Gasteiger partial charge is 0.384 e. The molecule has 2 aliphatic rings. The van der Waals surface area contributed by atoms with E-state index in [-0.39, 0.29) is 0 Å². The minimum absolute atomic E-state index is 0.632. The van der Waals surface area contributed by atoms with Gasteiger partial charge in [0.25, 0.3) is 0 Å². The van der Waals surface area contributed by atoms with Crippen molar-refractivity contribution in [2.75, 3.05) is 44.3 Å². The molecule has 2 aliphatic heterocycles. The van der Waals surface area contributed by atoms with Crippen molar-refractivity contribution < 1.29 is 9.84 Å². The topological polar surface area (TPSA) is 61.7 Å². The van der Waals surface area contributed by atoms with Crippen LogP contribution in [-0.2, 0) is 16.9 Å². The Labute approximate surface area is 154 Å². The van der Waals surface area contributed by atoms with Crippen molar-refractivity contribution in [3.63, 3.8) is 0 Å². The summed E-state index contributed by atoms with van der Waals surface area (Å²) in [6.07, 6.45) is 2.58. The highest BCUT2D eigenvalue weighted by Crippen LogP contribution is 2.32. The van der Waals surface area contributed by atoms with Crippen molar-refractivity contribution in [1.29, 1.82) is 0 Å². The molecule has 1 N–H and O–H groups in total. The van der Waals surface area contributed by atoms with Crippen LogP contribution in [0.15, 0.2) is 36.5 Å². The van der Waals surface area contributed by atoms with Gasteiger partial charge in [-0.1, -0.05) is 29.8 Å². The van der Waals surface area contributed by atoms with E-state index in [1.54, 1.807) is 0 Å². The predicted octanol–water partition coefficient (Wildman–Crippen LogP) is 1.72. The molecule has 2 aromatic rings. The molecule has 0 unspecified atom stereocenters. The number of anilines is 1. The van der Waals surface area contributed by atoms with Crippen molar-refractivity contribution in [2.45, 2.75) is 25.5 Å². The summed E-state index contributed by atoms with van der Waals surface area (Å²) in [6, 6.07) is 10.2. The van der Waals surface area contributed by atoms with Crippen LogP contribution in [-0.4, -0.2) is 59.4 Å². The molecule has 1 aromatic heterocycles. The van der Waals surface area contributed by atoms with E-state index in [9.17, 15) is 5.11 Å². The van der Waals surface area contributed by atoms with Gasteiger partial charge in [0.1, 0.15) is 5.60 Å². The molecule has 0 radical (unpaired) electrons. The third kappa shape index (κ3) is 3.72. The highest BCUT2D eigenvalue weighted by atomic mass is 16.5. The number of hydrogen-bond donors (Lipinski definition) is 1. The van der Waals surface area contributed by atoms with Gasteiger partial charge in [-0.3, -0.25) is 4.90 Å². The van der Waals surface area contributed by atoms with E-state index in [2.05, 4.69) is 33.8 Å². The number of morpholine rings is 1. The number of hydrogen-bond acceptors (Lipinski definition) is 6. The fourth-order valence-electron chi connectivity index (χ4n) is 3.72. The molecule has 1 atom stereocenters. The first-order valence-corrected chi connectivity index (χ1v) is 9.29. The quantitative estimate of drug-likeness (QED) is 0.902. The van der Waals surface area contributed by atoms with E-state index in [1.807, 2.05) is 24.4 Å². The Bertz CT molecular complexity index is 746. The second-order valence-electron chi connectivity index (χ2n) is 7.31. The molecule has 26 heavy (non-hydrogen) atoms. The van der Waals surface area contributed by atoms with Gasteiger partial charge in [-0.25, -0.2) is 9.97 Å². The molecule has 0 amide bonds. The minimum Gasteiger partial charge on any atom is -0.384 e. The van der Waals surface area contributed by atoms with Crippen molar-refractivity contribution >= 4 is 5.95 Å². The smallest absolute Gasteiger partial charge is 0.225 e. The molecular formula is C20H26N4O2. The molecule has 6 heteroatoms. The summed E-state index contributed by atoms with van der Waals surface area (Å²) in [5, 5.41) is 11.1. The molecule has 4 rings (SSSR count). The van der Waals surface area contributed by atoms with Gasteiger partial charge in [-0.2, -0.15) is 0 Å². The second kappa shape index (κ2) is 7.31. The van der Waals surface area contributed by atoms with E-state index >= 15 is 0 Å². The van der Waals surface area contributed by atoms with Gasteiger partial charge in [0.05, 0.1) is 18.9 Å². The van der Waals surface area contributed by atoms with Crippen molar-refractivity contribution in [3.8, 4) is 0 Å². The van der Waals surface area contributed by atoms with Crippen LogP contribution in [0.5, 0.6) is 0 Å². The molecule has 138 valence electrons. The molecule has 0 bridgehead atoms. The van der Waals surface area contributed by atoms with Gasteiger partial charge in [0.2, 0.25) is 5.95 Å². The number of benzene rings is 1. The average molecular weight is 354 g/mol. The number of rotatable bonds is 4. The van der Waals surface area contributed by atoms with Crippen LogP contribution in [0.1, 0.15) is 23.2 Å². The van der Waals surface area contributed by atoms with Crippen LogP contribution in [0, 0.1) is 6.92 Å². The Morgan fingerprint density at radius 1 is 1.12 bits per heavy atom. The molecule has 0 saturated carbocycles. The van der Waals surface area contributed by atoms with Crippen LogP contribution >= 0.6 is 0 Å². The van der Waals surface area contributed by atoms with Crippen LogP contribution in [0.25, 0.3) is 0 Å². The Hall–Kier alpha value is -2.02. The molecule has 3 heterocycles. The molecule has 0 spiro atoms. The average Bonchev–Trinajstić information content (AvgIpc) is 3.05. The summed E-state index contributed by atoms with van der Waals surface area (Å²) in [5.41, 5.74) is 2.44. The van der Waals surface area contributed by atoms with Crippen molar-refractivity contribution in [3.05, 3.63) is 53.3 Å². The molecule has 2 fully saturated rings. The normalized spacial score (nSPS) is 24.2. The zero-order valence-electron chi connectivity index (χ0n) is 15.3. The lowest BCUT2D eigenvalue weighted by atomic mass is 9.92.